The van der Waals surface area contributed by atoms with E-state index < -0.39 is 0 Å². The van der Waals surface area contributed by atoms with Crippen molar-refractivity contribution < 1.29 is 5.11 Å². The molecule has 0 amide bonds. The summed E-state index contributed by atoms with van der Waals surface area (Å²) in [7, 11) is 0. The number of aliphatic hydroxyl groups excluding tert-OH is 1. The van der Waals surface area contributed by atoms with E-state index in [-0.39, 0.29) is 6.61 Å². The van der Waals surface area contributed by atoms with E-state index in [9.17, 15) is 5.11 Å². The van der Waals surface area contributed by atoms with Crippen molar-refractivity contribution in [2.45, 2.75) is 56.9 Å². The summed E-state index contributed by atoms with van der Waals surface area (Å²) < 4.78 is 0. The fraction of sp³-hybridized carbons (Fsp3) is 1.00. The van der Waals surface area contributed by atoms with Crippen molar-refractivity contribution in [2.75, 3.05) is 12.9 Å². The summed E-state index contributed by atoms with van der Waals surface area (Å²) in [5, 5.41) is 13.2. The second-order valence-corrected chi connectivity index (χ2v) is 5.82. The molecule has 90 valence electrons. The SMILES string of the molecule is CSC(CO)C(C)NC(C)C1CCCC1. The van der Waals surface area contributed by atoms with E-state index in [0.717, 1.165) is 5.92 Å². The molecule has 0 bridgehead atoms. The molecule has 1 aliphatic carbocycles. The first kappa shape index (κ1) is 13.3. The van der Waals surface area contributed by atoms with Gasteiger partial charge in [-0.25, -0.2) is 0 Å². The van der Waals surface area contributed by atoms with E-state index in [0.29, 0.717) is 17.3 Å². The van der Waals surface area contributed by atoms with Crippen LogP contribution >= 0.6 is 11.8 Å². The lowest BCUT2D eigenvalue weighted by Crippen LogP contribution is -2.45. The molecule has 0 radical (unpaired) electrons. The lowest BCUT2D eigenvalue weighted by Gasteiger charge is -2.28. The van der Waals surface area contributed by atoms with E-state index >= 15 is 0 Å². The maximum Gasteiger partial charge on any atom is 0.0564 e. The quantitative estimate of drug-likeness (QED) is 0.735. The standard InChI is InChI=1S/C12H25NOS/c1-9(11-6-4-5-7-11)13-10(2)12(8-14)15-3/h9-14H,4-8H2,1-3H3. The zero-order valence-electron chi connectivity index (χ0n) is 10.2. The van der Waals surface area contributed by atoms with Gasteiger partial charge in [0, 0.05) is 17.3 Å². The summed E-state index contributed by atoms with van der Waals surface area (Å²) >= 11 is 1.75. The van der Waals surface area contributed by atoms with Crippen molar-refractivity contribution in [1.29, 1.82) is 0 Å². The van der Waals surface area contributed by atoms with Crippen LogP contribution in [0.5, 0.6) is 0 Å². The molecule has 0 aromatic heterocycles. The van der Waals surface area contributed by atoms with Gasteiger partial charge in [0.25, 0.3) is 0 Å². The lowest BCUT2D eigenvalue weighted by molar-refractivity contribution is 0.261. The van der Waals surface area contributed by atoms with Gasteiger partial charge in [-0.3, -0.25) is 0 Å². The summed E-state index contributed by atoms with van der Waals surface area (Å²) in [6, 6.07) is 1.00. The molecule has 1 fully saturated rings. The Balaban J connectivity index is 2.32. The molecule has 1 rings (SSSR count). The Morgan fingerprint density at radius 1 is 1.33 bits per heavy atom. The fourth-order valence-electron chi connectivity index (χ4n) is 2.55. The van der Waals surface area contributed by atoms with Crippen molar-refractivity contribution >= 4 is 11.8 Å². The molecule has 0 aliphatic heterocycles. The third-order valence-electron chi connectivity index (χ3n) is 3.67. The third-order valence-corrected chi connectivity index (χ3v) is 4.84. The van der Waals surface area contributed by atoms with Crippen LogP contribution in [0.15, 0.2) is 0 Å². The predicted octanol–water partition coefficient (Wildman–Crippen LogP) is 2.27. The fourth-order valence-corrected chi connectivity index (χ4v) is 3.19. The number of hydrogen-bond donors (Lipinski definition) is 2. The van der Waals surface area contributed by atoms with Gasteiger partial charge < -0.3 is 10.4 Å². The van der Waals surface area contributed by atoms with Crippen LogP contribution in [0.4, 0.5) is 0 Å². The molecule has 2 N–H and O–H groups in total. The molecule has 2 nitrogen and oxygen atoms in total. The average Bonchev–Trinajstić information content (AvgIpc) is 2.72. The lowest BCUT2D eigenvalue weighted by atomic mass is 9.99. The predicted molar refractivity (Wildman–Crippen MR) is 68.4 cm³/mol. The molecule has 0 saturated heterocycles. The summed E-state index contributed by atoms with van der Waals surface area (Å²) in [6.07, 6.45) is 7.63. The Morgan fingerprint density at radius 3 is 2.40 bits per heavy atom. The van der Waals surface area contributed by atoms with Crippen LogP contribution in [0.25, 0.3) is 0 Å². The number of hydrogen-bond acceptors (Lipinski definition) is 3. The van der Waals surface area contributed by atoms with Crippen LogP contribution in [0, 0.1) is 5.92 Å². The van der Waals surface area contributed by atoms with Crippen molar-refractivity contribution in [3.8, 4) is 0 Å². The summed E-state index contributed by atoms with van der Waals surface area (Å²) in [4.78, 5) is 0. The number of thioether (sulfide) groups is 1. The third kappa shape index (κ3) is 3.97. The monoisotopic (exact) mass is 231 g/mol. The maximum atomic E-state index is 9.21. The van der Waals surface area contributed by atoms with Gasteiger partial charge in [0.05, 0.1) is 6.61 Å². The van der Waals surface area contributed by atoms with Gasteiger partial charge >= 0.3 is 0 Å². The average molecular weight is 231 g/mol. The molecule has 0 spiro atoms. The van der Waals surface area contributed by atoms with Crippen molar-refractivity contribution in [3.05, 3.63) is 0 Å². The molecule has 1 aliphatic rings. The van der Waals surface area contributed by atoms with E-state index in [4.69, 9.17) is 0 Å². The van der Waals surface area contributed by atoms with Crippen molar-refractivity contribution in [1.82, 2.24) is 5.32 Å². The normalized spacial score (nSPS) is 24.0. The molecule has 3 unspecified atom stereocenters. The molecular formula is C12H25NOS. The second-order valence-electron chi connectivity index (χ2n) is 4.75. The highest BCUT2D eigenvalue weighted by molar-refractivity contribution is 7.99. The summed E-state index contributed by atoms with van der Waals surface area (Å²) in [5.74, 6) is 0.855. The van der Waals surface area contributed by atoms with E-state index in [2.05, 4.69) is 25.4 Å². The highest BCUT2D eigenvalue weighted by Crippen LogP contribution is 2.28. The molecule has 0 aromatic carbocycles. The second kappa shape index (κ2) is 6.77. The molecule has 1 saturated carbocycles. The number of aliphatic hydroxyl groups is 1. The van der Waals surface area contributed by atoms with Gasteiger partial charge in [0.2, 0.25) is 0 Å². The molecule has 3 atom stereocenters. The highest BCUT2D eigenvalue weighted by Gasteiger charge is 2.24. The summed E-state index contributed by atoms with van der Waals surface area (Å²) in [6.45, 7) is 4.75. The molecule has 0 aromatic rings. The Bertz CT molecular complexity index is 161. The molecular weight excluding hydrogens is 206 g/mol. The largest absolute Gasteiger partial charge is 0.395 e. The molecule has 0 heterocycles. The Labute approximate surface area is 98.2 Å². The molecule has 15 heavy (non-hydrogen) atoms. The van der Waals surface area contributed by atoms with Gasteiger partial charge in [-0.1, -0.05) is 12.8 Å². The van der Waals surface area contributed by atoms with Crippen LogP contribution in [-0.4, -0.2) is 35.3 Å². The van der Waals surface area contributed by atoms with Crippen LogP contribution in [0.3, 0.4) is 0 Å². The van der Waals surface area contributed by atoms with Crippen LogP contribution in [0.1, 0.15) is 39.5 Å². The number of nitrogens with one attached hydrogen (secondary N) is 1. The van der Waals surface area contributed by atoms with Crippen molar-refractivity contribution in [2.24, 2.45) is 5.92 Å². The topological polar surface area (TPSA) is 32.3 Å². The van der Waals surface area contributed by atoms with Crippen LogP contribution in [0.2, 0.25) is 0 Å². The van der Waals surface area contributed by atoms with Gasteiger partial charge in [-0.15, -0.1) is 0 Å². The first-order chi connectivity index (χ1) is 7.19. The van der Waals surface area contributed by atoms with Gasteiger partial charge in [-0.2, -0.15) is 11.8 Å². The first-order valence-electron chi connectivity index (χ1n) is 6.08. The zero-order chi connectivity index (χ0) is 11.3. The minimum absolute atomic E-state index is 0.271. The Hall–Kier alpha value is 0.270. The van der Waals surface area contributed by atoms with Gasteiger partial charge in [-0.05, 0) is 38.9 Å². The maximum absolute atomic E-state index is 9.21. The summed E-state index contributed by atoms with van der Waals surface area (Å²) in [5.41, 5.74) is 0. The minimum Gasteiger partial charge on any atom is -0.395 e. The van der Waals surface area contributed by atoms with E-state index in [1.165, 1.54) is 25.7 Å². The van der Waals surface area contributed by atoms with Crippen LogP contribution < -0.4 is 5.32 Å². The van der Waals surface area contributed by atoms with E-state index in [1.807, 2.05) is 0 Å². The van der Waals surface area contributed by atoms with Crippen LogP contribution in [-0.2, 0) is 0 Å². The first-order valence-corrected chi connectivity index (χ1v) is 7.37. The molecule has 3 heteroatoms. The minimum atomic E-state index is 0.271. The Kier molecular flexibility index (Phi) is 6.02. The highest BCUT2D eigenvalue weighted by atomic mass is 32.2. The Morgan fingerprint density at radius 2 is 1.93 bits per heavy atom. The smallest absolute Gasteiger partial charge is 0.0564 e. The van der Waals surface area contributed by atoms with Crippen molar-refractivity contribution in [3.63, 3.8) is 0 Å². The van der Waals surface area contributed by atoms with E-state index in [1.54, 1.807) is 11.8 Å². The van der Waals surface area contributed by atoms with Gasteiger partial charge in [0.15, 0.2) is 0 Å². The van der Waals surface area contributed by atoms with Gasteiger partial charge in [0.1, 0.15) is 0 Å². The zero-order valence-corrected chi connectivity index (χ0v) is 11.0. The number of rotatable bonds is 6.